The van der Waals surface area contributed by atoms with Crippen LogP contribution in [0.25, 0.3) is 0 Å². The number of anilines is 1. The molecule has 3 rings (SSSR count). The molecule has 0 spiro atoms. The fraction of sp³-hybridized carbons (Fsp3) is 0. The molecular formula is C16H7NO6-2. The summed E-state index contributed by atoms with van der Waals surface area (Å²) in [6.07, 6.45) is 0. The molecule has 7 heteroatoms. The lowest BCUT2D eigenvalue weighted by Crippen LogP contribution is -2.30. The van der Waals surface area contributed by atoms with Gasteiger partial charge in [-0.05, 0) is 35.4 Å². The zero-order valence-electron chi connectivity index (χ0n) is 11.4. The molecule has 2 amide bonds. The van der Waals surface area contributed by atoms with E-state index in [1.807, 2.05) is 0 Å². The lowest BCUT2D eigenvalue weighted by molar-refractivity contribution is -0.256. The van der Waals surface area contributed by atoms with E-state index < -0.39 is 23.8 Å². The Morgan fingerprint density at radius 1 is 0.783 bits per heavy atom. The quantitative estimate of drug-likeness (QED) is 0.686. The van der Waals surface area contributed by atoms with Crippen molar-refractivity contribution in [3.63, 3.8) is 0 Å². The van der Waals surface area contributed by atoms with Gasteiger partial charge in [0.25, 0.3) is 11.8 Å². The van der Waals surface area contributed by atoms with E-state index in [0.29, 0.717) is 0 Å². The van der Waals surface area contributed by atoms with E-state index in [1.165, 1.54) is 30.3 Å². The Morgan fingerprint density at radius 2 is 1.39 bits per heavy atom. The predicted molar refractivity (Wildman–Crippen MR) is 72.7 cm³/mol. The van der Waals surface area contributed by atoms with Crippen LogP contribution >= 0.6 is 0 Å². The summed E-state index contributed by atoms with van der Waals surface area (Å²) in [5.41, 5.74) is -0.382. The molecule has 23 heavy (non-hydrogen) atoms. The van der Waals surface area contributed by atoms with Crippen molar-refractivity contribution in [1.29, 1.82) is 0 Å². The van der Waals surface area contributed by atoms with Gasteiger partial charge in [-0.15, -0.1) is 0 Å². The fourth-order valence-corrected chi connectivity index (χ4v) is 2.37. The van der Waals surface area contributed by atoms with Crippen LogP contribution in [-0.4, -0.2) is 23.8 Å². The maximum atomic E-state index is 12.4. The number of hydrogen-bond donors (Lipinski definition) is 0. The number of amides is 2. The number of carboxylic acid groups (broad SMARTS) is 2. The molecule has 0 bridgehead atoms. The molecule has 0 fully saturated rings. The summed E-state index contributed by atoms with van der Waals surface area (Å²) in [7, 11) is 0. The van der Waals surface area contributed by atoms with E-state index in [-0.39, 0.29) is 27.9 Å². The first-order valence-electron chi connectivity index (χ1n) is 6.45. The molecule has 0 saturated carbocycles. The molecule has 7 nitrogen and oxygen atoms in total. The van der Waals surface area contributed by atoms with Crippen molar-refractivity contribution >= 4 is 29.4 Å². The Hall–Kier alpha value is -3.48. The molecule has 2 aromatic carbocycles. The zero-order valence-corrected chi connectivity index (χ0v) is 11.4. The number of nitrogens with zero attached hydrogens (tertiary/aromatic N) is 1. The molecule has 1 aliphatic rings. The van der Waals surface area contributed by atoms with Gasteiger partial charge in [0, 0.05) is 0 Å². The molecule has 0 aliphatic carbocycles. The minimum Gasteiger partial charge on any atom is -0.545 e. The van der Waals surface area contributed by atoms with E-state index in [1.54, 1.807) is 0 Å². The third-order valence-electron chi connectivity index (χ3n) is 3.46. The van der Waals surface area contributed by atoms with Crippen molar-refractivity contribution in [1.82, 2.24) is 0 Å². The molecule has 0 radical (unpaired) electrons. The second-order valence-corrected chi connectivity index (χ2v) is 4.83. The summed E-state index contributed by atoms with van der Waals surface area (Å²) >= 11 is 0. The number of benzene rings is 2. The fourth-order valence-electron chi connectivity index (χ4n) is 2.37. The summed E-state index contributed by atoms with van der Waals surface area (Å²) in [6.45, 7) is 0. The van der Waals surface area contributed by atoms with E-state index in [9.17, 15) is 29.4 Å². The number of carbonyl (C=O) groups is 4. The average Bonchev–Trinajstić information content (AvgIpc) is 2.78. The number of fused-ring (bicyclic) bond motifs is 1. The molecule has 0 unspecified atom stereocenters. The predicted octanol–water partition coefficient (Wildman–Crippen LogP) is -0.786. The topological polar surface area (TPSA) is 118 Å². The lowest BCUT2D eigenvalue weighted by Gasteiger charge is -2.15. The van der Waals surface area contributed by atoms with E-state index >= 15 is 0 Å². The lowest BCUT2D eigenvalue weighted by atomic mass is 10.1. The van der Waals surface area contributed by atoms with Crippen molar-refractivity contribution in [2.75, 3.05) is 4.90 Å². The SMILES string of the molecule is O=C([O-])c1cccc(N2C(=O)c3ccc(C(=O)[O-])cc3C2=O)c1. The highest BCUT2D eigenvalue weighted by Crippen LogP contribution is 2.29. The monoisotopic (exact) mass is 309 g/mol. The molecule has 0 aromatic heterocycles. The van der Waals surface area contributed by atoms with Gasteiger partial charge in [-0.3, -0.25) is 9.59 Å². The van der Waals surface area contributed by atoms with Crippen LogP contribution in [-0.2, 0) is 0 Å². The zero-order chi connectivity index (χ0) is 16.7. The molecule has 2 aromatic rings. The van der Waals surface area contributed by atoms with Gasteiger partial charge in [-0.2, -0.15) is 0 Å². The number of carboxylic acids is 2. The minimum atomic E-state index is -1.47. The Balaban J connectivity index is 2.08. The Labute approximate surface area is 129 Å². The first-order valence-corrected chi connectivity index (χ1v) is 6.45. The van der Waals surface area contributed by atoms with Crippen LogP contribution < -0.4 is 15.1 Å². The van der Waals surface area contributed by atoms with E-state index in [0.717, 1.165) is 17.0 Å². The molecule has 0 atom stereocenters. The molecule has 0 saturated heterocycles. The number of rotatable bonds is 3. The Morgan fingerprint density at radius 3 is 2.04 bits per heavy atom. The third-order valence-corrected chi connectivity index (χ3v) is 3.46. The first kappa shape index (κ1) is 14.5. The molecule has 1 aliphatic heterocycles. The summed E-state index contributed by atoms with van der Waals surface area (Å²) in [4.78, 5) is 47.3. The second-order valence-electron chi connectivity index (χ2n) is 4.83. The van der Waals surface area contributed by atoms with Crippen molar-refractivity contribution in [3.8, 4) is 0 Å². The smallest absolute Gasteiger partial charge is 0.266 e. The van der Waals surface area contributed by atoms with E-state index in [4.69, 9.17) is 0 Å². The number of imide groups is 1. The second kappa shape index (κ2) is 5.06. The molecule has 1 heterocycles. The van der Waals surface area contributed by atoms with Crippen molar-refractivity contribution in [2.24, 2.45) is 0 Å². The van der Waals surface area contributed by atoms with Gasteiger partial charge < -0.3 is 19.8 Å². The van der Waals surface area contributed by atoms with Gasteiger partial charge in [0.05, 0.1) is 28.8 Å². The average molecular weight is 309 g/mol. The Bertz CT molecular complexity index is 886. The standard InChI is InChI=1S/C16H9NO6/c18-13-11-5-4-9(16(22)23)7-12(11)14(19)17(13)10-3-1-2-8(6-10)15(20)21/h1-7H,(H,20,21)(H,22,23)/p-2. The van der Waals surface area contributed by atoms with Crippen molar-refractivity contribution < 1.29 is 29.4 Å². The number of aromatic carboxylic acids is 2. The van der Waals surface area contributed by atoms with Crippen LogP contribution in [0.5, 0.6) is 0 Å². The maximum absolute atomic E-state index is 12.4. The first-order chi connectivity index (χ1) is 10.9. The van der Waals surface area contributed by atoms with Crippen molar-refractivity contribution in [2.45, 2.75) is 0 Å². The van der Waals surface area contributed by atoms with E-state index in [2.05, 4.69) is 0 Å². The van der Waals surface area contributed by atoms with Crippen LogP contribution in [0.2, 0.25) is 0 Å². The normalized spacial score (nSPS) is 13.1. The molecular weight excluding hydrogens is 302 g/mol. The summed E-state index contributed by atoms with van der Waals surface area (Å²) in [6, 6.07) is 8.63. The summed E-state index contributed by atoms with van der Waals surface area (Å²) < 4.78 is 0. The number of carbonyl (C=O) groups excluding carboxylic acids is 4. The molecule has 114 valence electrons. The minimum absolute atomic E-state index is 0.0406. The maximum Gasteiger partial charge on any atom is 0.266 e. The van der Waals surface area contributed by atoms with Gasteiger partial charge in [0.1, 0.15) is 0 Å². The van der Waals surface area contributed by atoms with Crippen LogP contribution in [0.15, 0.2) is 42.5 Å². The van der Waals surface area contributed by atoms with Crippen LogP contribution in [0.3, 0.4) is 0 Å². The third kappa shape index (κ3) is 2.24. The van der Waals surface area contributed by atoms with Crippen LogP contribution in [0.4, 0.5) is 5.69 Å². The summed E-state index contributed by atoms with van der Waals surface area (Å²) in [5, 5.41) is 21.8. The largest absolute Gasteiger partial charge is 0.545 e. The Kier molecular flexibility index (Phi) is 3.18. The van der Waals surface area contributed by atoms with Gasteiger partial charge in [-0.25, -0.2) is 4.90 Å². The molecule has 0 N–H and O–H groups in total. The van der Waals surface area contributed by atoms with Crippen molar-refractivity contribution in [3.05, 3.63) is 64.7 Å². The van der Waals surface area contributed by atoms with Gasteiger partial charge >= 0.3 is 0 Å². The van der Waals surface area contributed by atoms with Gasteiger partial charge in [0.15, 0.2) is 0 Å². The van der Waals surface area contributed by atoms with Gasteiger partial charge in [-0.1, -0.05) is 18.2 Å². The highest BCUT2D eigenvalue weighted by Gasteiger charge is 2.36. The summed E-state index contributed by atoms with van der Waals surface area (Å²) in [5.74, 6) is -4.30. The highest BCUT2D eigenvalue weighted by atomic mass is 16.4. The van der Waals surface area contributed by atoms with Crippen LogP contribution in [0.1, 0.15) is 41.4 Å². The van der Waals surface area contributed by atoms with Crippen LogP contribution in [0, 0.1) is 0 Å². The number of hydrogen-bond acceptors (Lipinski definition) is 6. The highest BCUT2D eigenvalue weighted by molar-refractivity contribution is 6.34. The van der Waals surface area contributed by atoms with Gasteiger partial charge in [0.2, 0.25) is 0 Å².